The van der Waals surface area contributed by atoms with Crippen LogP contribution in [0.15, 0.2) is 58.8 Å². The Hall–Kier alpha value is -3.20. The number of fused-ring (bicyclic) bond motifs is 1. The van der Waals surface area contributed by atoms with Gasteiger partial charge < -0.3 is 4.74 Å². The number of nitro groups is 1. The third-order valence-electron chi connectivity index (χ3n) is 4.44. The second-order valence-corrected chi connectivity index (χ2v) is 7.43. The Labute approximate surface area is 171 Å². The van der Waals surface area contributed by atoms with Crippen molar-refractivity contribution in [2.45, 2.75) is 24.9 Å². The molecule has 9 heteroatoms. The molecule has 0 radical (unpaired) electrons. The van der Waals surface area contributed by atoms with Gasteiger partial charge in [0.25, 0.3) is 5.69 Å². The van der Waals surface area contributed by atoms with Crippen LogP contribution in [0.2, 0.25) is 0 Å². The van der Waals surface area contributed by atoms with E-state index in [-0.39, 0.29) is 5.69 Å². The minimum atomic E-state index is -0.403. The number of ether oxygens (including phenoxy) is 1. The molecule has 0 amide bonds. The number of thioether (sulfide) groups is 1. The van der Waals surface area contributed by atoms with E-state index in [0.29, 0.717) is 23.3 Å². The molecule has 2 aromatic carbocycles. The Bertz CT molecular complexity index is 1060. The molecule has 1 aliphatic heterocycles. The summed E-state index contributed by atoms with van der Waals surface area (Å²) in [5.74, 6) is 2.01. The van der Waals surface area contributed by atoms with Crippen LogP contribution in [0.3, 0.4) is 0 Å². The number of hydrogen-bond donors (Lipinski definition) is 0. The van der Waals surface area contributed by atoms with Crippen molar-refractivity contribution in [3.8, 4) is 17.1 Å². The second kappa shape index (κ2) is 8.44. The summed E-state index contributed by atoms with van der Waals surface area (Å²) in [4.78, 5) is 10.7. The number of benzene rings is 2. The number of non-ortho nitro benzene ring substituents is 1. The summed E-state index contributed by atoms with van der Waals surface area (Å²) in [5.41, 5.74) is 2.38. The molecule has 0 spiro atoms. The quantitative estimate of drug-likeness (QED) is 0.326. The first-order chi connectivity index (χ1) is 14.2. The highest BCUT2D eigenvalue weighted by atomic mass is 32.2. The van der Waals surface area contributed by atoms with E-state index in [1.54, 1.807) is 10.7 Å². The summed E-state index contributed by atoms with van der Waals surface area (Å²) in [5, 5.41) is 24.9. The van der Waals surface area contributed by atoms with Crippen molar-refractivity contribution in [3.63, 3.8) is 0 Å². The Morgan fingerprint density at radius 2 is 2.00 bits per heavy atom. The zero-order chi connectivity index (χ0) is 20.2. The van der Waals surface area contributed by atoms with Crippen LogP contribution < -0.4 is 4.74 Å². The molecule has 1 aromatic heterocycles. The summed E-state index contributed by atoms with van der Waals surface area (Å²) in [7, 11) is 0. The van der Waals surface area contributed by atoms with Crippen molar-refractivity contribution in [2.24, 2.45) is 5.10 Å². The van der Waals surface area contributed by atoms with Gasteiger partial charge in [-0.3, -0.25) is 10.1 Å². The maximum absolute atomic E-state index is 11.1. The molecule has 0 saturated carbocycles. The average Bonchev–Trinajstić information content (AvgIpc) is 3.18. The Morgan fingerprint density at radius 3 is 2.76 bits per heavy atom. The van der Waals surface area contributed by atoms with E-state index in [2.05, 4.69) is 22.2 Å². The second-order valence-electron chi connectivity index (χ2n) is 6.49. The normalized spacial score (nSPS) is 12.9. The fourth-order valence-corrected chi connectivity index (χ4v) is 3.72. The molecule has 3 aromatic rings. The van der Waals surface area contributed by atoms with Gasteiger partial charge in [0.15, 0.2) is 5.82 Å². The number of hydrogen-bond acceptors (Lipinski definition) is 7. The van der Waals surface area contributed by atoms with Crippen molar-refractivity contribution in [1.29, 1.82) is 0 Å². The molecular weight excluding hydrogens is 390 g/mol. The highest BCUT2D eigenvalue weighted by Gasteiger charge is 2.21. The molecule has 4 rings (SSSR count). The van der Waals surface area contributed by atoms with Gasteiger partial charge in [0.1, 0.15) is 5.75 Å². The lowest BCUT2D eigenvalue weighted by atomic mass is 10.1. The van der Waals surface area contributed by atoms with E-state index in [9.17, 15) is 10.1 Å². The van der Waals surface area contributed by atoms with Crippen LogP contribution in [0.5, 0.6) is 5.75 Å². The summed E-state index contributed by atoms with van der Waals surface area (Å²) < 4.78 is 7.40. The van der Waals surface area contributed by atoms with Gasteiger partial charge in [0.2, 0.25) is 5.16 Å². The van der Waals surface area contributed by atoms with Gasteiger partial charge in [0.05, 0.1) is 17.2 Å². The SMILES string of the molecule is CCCCOc1ccc(-c2nnc3n2N=C(c2cccc([N+](=O)[O-])c2)CS3)cc1. The smallest absolute Gasteiger partial charge is 0.270 e. The molecule has 0 N–H and O–H groups in total. The highest BCUT2D eigenvalue weighted by Crippen LogP contribution is 2.29. The monoisotopic (exact) mass is 409 g/mol. The molecule has 0 unspecified atom stereocenters. The zero-order valence-electron chi connectivity index (χ0n) is 15.8. The number of rotatable bonds is 7. The maximum Gasteiger partial charge on any atom is 0.270 e. The van der Waals surface area contributed by atoms with Crippen molar-refractivity contribution in [2.75, 3.05) is 12.4 Å². The predicted octanol–water partition coefficient (Wildman–Crippen LogP) is 4.39. The van der Waals surface area contributed by atoms with E-state index < -0.39 is 4.92 Å². The fraction of sp³-hybridized carbons (Fsp3) is 0.250. The predicted molar refractivity (Wildman–Crippen MR) is 112 cm³/mol. The van der Waals surface area contributed by atoms with E-state index in [0.717, 1.165) is 35.4 Å². The minimum absolute atomic E-state index is 0.0450. The highest BCUT2D eigenvalue weighted by molar-refractivity contribution is 7.99. The topological polar surface area (TPSA) is 95.4 Å². The molecule has 0 bridgehead atoms. The van der Waals surface area contributed by atoms with E-state index in [1.165, 1.54) is 23.9 Å². The molecule has 29 heavy (non-hydrogen) atoms. The van der Waals surface area contributed by atoms with Crippen molar-refractivity contribution in [3.05, 3.63) is 64.2 Å². The van der Waals surface area contributed by atoms with Crippen LogP contribution in [0.1, 0.15) is 25.3 Å². The lowest BCUT2D eigenvalue weighted by molar-refractivity contribution is -0.384. The summed E-state index contributed by atoms with van der Waals surface area (Å²) in [6.45, 7) is 2.82. The number of unbranched alkanes of at least 4 members (excludes halogenated alkanes) is 1. The van der Waals surface area contributed by atoms with Crippen LogP contribution in [0, 0.1) is 10.1 Å². The first-order valence-corrected chi connectivity index (χ1v) is 10.3. The van der Waals surface area contributed by atoms with E-state index in [4.69, 9.17) is 4.74 Å². The third kappa shape index (κ3) is 4.14. The lowest BCUT2D eigenvalue weighted by Gasteiger charge is -2.14. The van der Waals surface area contributed by atoms with Gasteiger partial charge in [-0.25, -0.2) is 0 Å². The van der Waals surface area contributed by atoms with Crippen molar-refractivity contribution in [1.82, 2.24) is 14.9 Å². The fourth-order valence-electron chi connectivity index (χ4n) is 2.88. The maximum atomic E-state index is 11.1. The number of nitro benzene ring substituents is 1. The van der Waals surface area contributed by atoms with Crippen LogP contribution >= 0.6 is 11.8 Å². The van der Waals surface area contributed by atoms with Gasteiger partial charge in [0, 0.05) is 29.0 Å². The van der Waals surface area contributed by atoms with Crippen LogP contribution in [0.4, 0.5) is 5.69 Å². The molecule has 0 atom stereocenters. The van der Waals surface area contributed by atoms with Crippen LogP contribution in [-0.2, 0) is 0 Å². The summed E-state index contributed by atoms with van der Waals surface area (Å²) in [6.07, 6.45) is 2.11. The zero-order valence-corrected chi connectivity index (χ0v) is 16.6. The van der Waals surface area contributed by atoms with Gasteiger partial charge >= 0.3 is 0 Å². The summed E-state index contributed by atoms with van der Waals surface area (Å²) >= 11 is 1.50. The van der Waals surface area contributed by atoms with Crippen LogP contribution in [0.25, 0.3) is 11.4 Å². The molecule has 0 fully saturated rings. The molecule has 0 saturated heterocycles. The van der Waals surface area contributed by atoms with Gasteiger partial charge in [-0.15, -0.1) is 10.2 Å². The molecular formula is C20H19N5O3S. The lowest BCUT2D eigenvalue weighted by Crippen LogP contribution is -2.14. The minimum Gasteiger partial charge on any atom is -0.494 e. The molecule has 2 heterocycles. The average molecular weight is 409 g/mol. The molecule has 148 valence electrons. The van der Waals surface area contributed by atoms with Gasteiger partial charge in [-0.1, -0.05) is 37.2 Å². The standard InChI is InChI=1S/C20H19N5O3S/c1-2-3-11-28-17-9-7-14(8-10-17)19-21-22-20-24(19)23-18(13-29-20)15-5-4-6-16(12-15)25(26)27/h4-10,12H,2-3,11,13H2,1H3. The number of nitrogens with zero attached hydrogens (tertiary/aromatic N) is 5. The number of aromatic nitrogens is 3. The molecule has 8 nitrogen and oxygen atoms in total. The Kier molecular flexibility index (Phi) is 5.57. The Morgan fingerprint density at radius 1 is 1.17 bits per heavy atom. The van der Waals surface area contributed by atoms with Crippen molar-refractivity contribution >= 4 is 23.2 Å². The summed E-state index contributed by atoms with van der Waals surface area (Å²) in [6, 6.07) is 14.2. The Balaban J connectivity index is 1.62. The third-order valence-corrected chi connectivity index (χ3v) is 5.37. The molecule has 0 aliphatic carbocycles. The van der Waals surface area contributed by atoms with E-state index >= 15 is 0 Å². The van der Waals surface area contributed by atoms with Crippen molar-refractivity contribution < 1.29 is 9.66 Å². The largest absolute Gasteiger partial charge is 0.494 e. The van der Waals surface area contributed by atoms with Crippen LogP contribution in [-0.4, -0.2) is 37.9 Å². The first-order valence-electron chi connectivity index (χ1n) is 9.30. The molecule has 1 aliphatic rings. The first kappa shape index (κ1) is 19.1. The van der Waals surface area contributed by atoms with Gasteiger partial charge in [-0.05, 0) is 30.7 Å². The van der Waals surface area contributed by atoms with E-state index in [1.807, 2.05) is 30.3 Å². The van der Waals surface area contributed by atoms with Gasteiger partial charge in [-0.2, -0.15) is 9.78 Å².